The first-order valence-corrected chi connectivity index (χ1v) is 16.1. The van der Waals surface area contributed by atoms with Gasteiger partial charge in [0.25, 0.3) is 12.4 Å². The van der Waals surface area contributed by atoms with Gasteiger partial charge in [-0.05, 0) is 43.5 Å². The zero-order valence-electron chi connectivity index (χ0n) is 26.9. The number of hydrogen-bond donors (Lipinski definition) is 2. The Bertz CT molecular complexity index is 1710. The van der Waals surface area contributed by atoms with E-state index in [1.165, 1.54) is 12.0 Å². The van der Waals surface area contributed by atoms with Crippen molar-refractivity contribution in [1.29, 1.82) is 0 Å². The van der Waals surface area contributed by atoms with Gasteiger partial charge in [0.15, 0.2) is 23.6 Å². The van der Waals surface area contributed by atoms with Crippen LogP contribution in [0.3, 0.4) is 0 Å². The molecule has 48 heavy (non-hydrogen) atoms. The van der Waals surface area contributed by atoms with Gasteiger partial charge in [0.1, 0.15) is 5.76 Å². The Balaban J connectivity index is 0.00000129. The van der Waals surface area contributed by atoms with E-state index in [9.17, 15) is 9.59 Å². The molecular formula is C35H40N6O7. The predicted octanol–water partition coefficient (Wildman–Crippen LogP) is 3.67. The number of hydrogen-bond acceptors (Lipinski definition) is 9. The number of nitrogens with zero attached hydrogens (tertiary/aromatic N) is 5. The highest BCUT2D eigenvalue weighted by molar-refractivity contribution is 5.93. The Morgan fingerprint density at radius 1 is 1.15 bits per heavy atom. The van der Waals surface area contributed by atoms with Crippen LogP contribution < -0.4 is 14.8 Å². The van der Waals surface area contributed by atoms with Crippen LogP contribution >= 0.6 is 0 Å². The minimum atomic E-state index is -0.276. The zero-order chi connectivity index (χ0) is 33.5. The van der Waals surface area contributed by atoms with Crippen LogP contribution in [-0.2, 0) is 16.1 Å². The van der Waals surface area contributed by atoms with Crippen molar-refractivity contribution in [2.24, 2.45) is 5.41 Å². The maximum absolute atomic E-state index is 13.2. The second-order valence-corrected chi connectivity index (χ2v) is 12.4. The molecule has 13 nitrogen and oxygen atoms in total. The number of fused-ring (bicyclic) bond motifs is 11. The molecule has 1 saturated heterocycles. The Hall–Kier alpha value is -5.17. The van der Waals surface area contributed by atoms with Gasteiger partial charge >= 0.3 is 0 Å². The van der Waals surface area contributed by atoms with E-state index in [1.807, 2.05) is 22.9 Å². The second-order valence-electron chi connectivity index (χ2n) is 12.4. The molecule has 2 amide bonds. The average Bonchev–Trinajstić information content (AvgIpc) is 3.86. The number of aromatic nitrogens is 3. The summed E-state index contributed by atoms with van der Waals surface area (Å²) < 4.78 is 20.0. The van der Waals surface area contributed by atoms with Crippen LogP contribution in [0.4, 0.5) is 0 Å². The molecule has 1 spiro atoms. The molecule has 0 unspecified atom stereocenters. The third kappa shape index (κ3) is 7.05. The van der Waals surface area contributed by atoms with Crippen molar-refractivity contribution in [3.63, 3.8) is 0 Å². The van der Waals surface area contributed by atoms with Crippen molar-refractivity contribution < 1.29 is 33.4 Å². The highest BCUT2D eigenvalue weighted by Gasteiger charge is 2.51. The summed E-state index contributed by atoms with van der Waals surface area (Å²) in [6.07, 6.45) is 8.30. The van der Waals surface area contributed by atoms with E-state index in [0.717, 1.165) is 42.4 Å². The molecule has 2 atom stereocenters. The topological polar surface area (TPSA) is 152 Å². The molecular weight excluding hydrogens is 616 g/mol. The number of imidazole rings is 1. The summed E-state index contributed by atoms with van der Waals surface area (Å²) in [6.45, 7) is 6.30. The third-order valence-electron chi connectivity index (χ3n) is 9.29. The predicted molar refractivity (Wildman–Crippen MR) is 174 cm³/mol. The summed E-state index contributed by atoms with van der Waals surface area (Å²) in [5, 5.41) is 10.1. The minimum Gasteiger partial charge on any atom is -0.490 e. The number of oxazole rings is 1. The Morgan fingerprint density at radius 3 is 2.71 bits per heavy atom. The van der Waals surface area contributed by atoms with E-state index in [2.05, 4.69) is 50.5 Å². The maximum Gasteiger partial charge on any atom is 0.290 e. The van der Waals surface area contributed by atoms with E-state index in [0.29, 0.717) is 63.6 Å². The number of ether oxygens (including phenoxy) is 2. The summed E-state index contributed by atoms with van der Waals surface area (Å²) >= 11 is 0. The van der Waals surface area contributed by atoms with Crippen LogP contribution in [0.15, 0.2) is 72.0 Å². The number of benzene rings is 2. The Labute approximate surface area is 278 Å². The van der Waals surface area contributed by atoms with Crippen LogP contribution in [0, 0.1) is 12.3 Å². The lowest BCUT2D eigenvalue weighted by molar-refractivity contribution is -0.123. The molecule has 1 fully saturated rings. The number of carbonyl (C=O) groups is 3. The quantitative estimate of drug-likeness (QED) is 0.311. The monoisotopic (exact) mass is 656 g/mol. The third-order valence-corrected chi connectivity index (χ3v) is 9.29. The molecule has 6 heterocycles. The number of aryl methyl sites for hydroxylation is 1. The number of para-hydroxylation sites is 1. The zero-order valence-corrected chi connectivity index (χ0v) is 26.9. The van der Waals surface area contributed by atoms with Crippen molar-refractivity contribution in [3.8, 4) is 17.2 Å². The van der Waals surface area contributed by atoms with Gasteiger partial charge in [-0.15, -0.1) is 0 Å². The lowest BCUT2D eigenvalue weighted by Gasteiger charge is -2.40. The summed E-state index contributed by atoms with van der Waals surface area (Å²) in [6, 6.07) is 14.7. The van der Waals surface area contributed by atoms with E-state index in [1.54, 1.807) is 24.3 Å². The normalized spacial score (nSPS) is 21.2. The smallest absolute Gasteiger partial charge is 0.290 e. The average molecular weight is 657 g/mol. The van der Waals surface area contributed by atoms with Crippen LogP contribution in [0.2, 0.25) is 0 Å². The maximum atomic E-state index is 13.2. The van der Waals surface area contributed by atoms with Crippen LogP contribution in [-0.4, -0.2) is 93.7 Å². The molecule has 252 valence electrons. The van der Waals surface area contributed by atoms with Gasteiger partial charge in [-0.3, -0.25) is 19.3 Å². The lowest BCUT2D eigenvalue weighted by atomic mass is 9.73. The van der Waals surface area contributed by atoms with Gasteiger partial charge < -0.3 is 33.8 Å². The SMILES string of the molecule is Cc1ocnc1C(=O)N1CCCOc2cccc3c2OC[C@@]2(CNC(=O)CCC1)CN(Cc1ccc(-n4ccnc4)cc1)C[C@@H]32.O=CO. The van der Waals surface area contributed by atoms with Crippen molar-refractivity contribution in [1.82, 2.24) is 29.7 Å². The number of rotatable bonds is 4. The second kappa shape index (κ2) is 14.7. The summed E-state index contributed by atoms with van der Waals surface area (Å²) in [5.41, 5.74) is 3.46. The van der Waals surface area contributed by atoms with E-state index >= 15 is 0 Å². The van der Waals surface area contributed by atoms with E-state index in [-0.39, 0.29) is 29.6 Å². The van der Waals surface area contributed by atoms with Crippen molar-refractivity contribution in [2.45, 2.75) is 38.6 Å². The molecule has 2 aromatic carbocycles. The van der Waals surface area contributed by atoms with Crippen molar-refractivity contribution in [2.75, 3.05) is 45.9 Å². The van der Waals surface area contributed by atoms with E-state index < -0.39 is 0 Å². The Kier molecular flexibility index (Phi) is 10.0. The van der Waals surface area contributed by atoms with Crippen LogP contribution in [0.25, 0.3) is 5.69 Å². The molecule has 2 aromatic heterocycles. The summed E-state index contributed by atoms with van der Waals surface area (Å²) in [5.74, 6) is 1.96. The van der Waals surface area contributed by atoms with Crippen LogP contribution in [0.1, 0.15) is 52.6 Å². The van der Waals surface area contributed by atoms with Gasteiger partial charge in [0.05, 0.1) is 19.5 Å². The van der Waals surface area contributed by atoms with Gasteiger partial charge in [0, 0.05) is 80.7 Å². The van der Waals surface area contributed by atoms with Gasteiger partial charge in [-0.1, -0.05) is 24.3 Å². The summed E-state index contributed by atoms with van der Waals surface area (Å²) in [7, 11) is 0. The minimum absolute atomic E-state index is 0.0170. The van der Waals surface area contributed by atoms with Gasteiger partial charge in [-0.2, -0.15) is 0 Å². The number of amides is 2. The number of nitrogens with one attached hydrogen (secondary N) is 1. The first-order chi connectivity index (χ1) is 23.4. The Morgan fingerprint density at radius 2 is 1.96 bits per heavy atom. The fourth-order valence-electron chi connectivity index (χ4n) is 6.94. The number of carbonyl (C=O) groups excluding carboxylic acids is 2. The molecule has 13 heteroatoms. The molecule has 4 aromatic rings. The van der Waals surface area contributed by atoms with E-state index in [4.69, 9.17) is 23.8 Å². The van der Waals surface area contributed by atoms with Gasteiger partial charge in [0.2, 0.25) is 5.91 Å². The lowest BCUT2D eigenvalue weighted by Crippen LogP contribution is -2.48. The molecule has 4 aliphatic heterocycles. The molecule has 8 rings (SSSR count). The fourth-order valence-corrected chi connectivity index (χ4v) is 6.94. The standard InChI is InChI=1S/C34H38N6O5.CH2O2/c1-24-31(37-23-45-24)33(42)39-13-3-7-30(41)36-19-34-20-38(17-25-8-10-26(11-9-25)40-15-12-35-22-40)18-28(34)27-5-2-6-29(32(27)44-21-34)43-16-4-14-39;2-1-3/h2,5-6,8-12,15,22-23,28H,3-4,7,13-14,16-21H2,1H3,(H,36,41);1H,(H,2,3)/t28-,34+;/m0./s1. The molecule has 0 aliphatic carbocycles. The molecule has 4 bridgehead atoms. The van der Waals surface area contributed by atoms with Crippen LogP contribution in [0.5, 0.6) is 11.5 Å². The van der Waals surface area contributed by atoms with Gasteiger partial charge in [-0.25, -0.2) is 9.97 Å². The molecule has 2 N–H and O–H groups in total. The first-order valence-electron chi connectivity index (χ1n) is 16.1. The van der Waals surface area contributed by atoms with Crippen molar-refractivity contribution in [3.05, 3.63) is 90.2 Å². The number of likely N-dealkylation sites (tertiary alicyclic amines) is 1. The summed E-state index contributed by atoms with van der Waals surface area (Å²) in [4.78, 5) is 47.2. The fraction of sp³-hybridized carbons (Fsp3) is 0.400. The highest BCUT2D eigenvalue weighted by Crippen LogP contribution is 2.52. The largest absolute Gasteiger partial charge is 0.490 e. The van der Waals surface area contributed by atoms with Crippen molar-refractivity contribution >= 4 is 18.3 Å². The molecule has 0 radical (unpaired) electrons. The molecule has 0 saturated carbocycles. The first kappa shape index (κ1) is 32.8. The molecule has 4 aliphatic rings. The highest BCUT2D eigenvalue weighted by atomic mass is 16.5. The number of carboxylic acid groups (broad SMARTS) is 1.